The van der Waals surface area contributed by atoms with E-state index in [0.717, 1.165) is 12.4 Å². The average Bonchev–Trinajstić information content (AvgIpc) is 3.44. The summed E-state index contributed by atoms with van der Waals surface area (Å²) in [6.07, 6.45) is 3.28. The van der Waals surface area contributed by atoms with E-state index in [1.165, 1.54) is 32.0 Å². The van der Waals surface area contributed by atoms with Crippen molar-refractivity contribution in [2.24, 2.45) is 0 Å². The molecule has 1 atom stereocenters. The van der Waals surface area contributed by atoms with Crippen molar-refractivity contribution in [3.05, 3.63) is 54.2 Å². The first kappa shape index (κ1) is 24.1. The van der Waals surface area contributed by atoms with Crippen LogP contribution in [0.2, 0.25) is 0 Å². The lowest BCUT2D eigenvalue weighted by Crippen LogP contribution is -2.29. The lowest BCUT2D eigenvalue weighted by Gasteiger charge is -2.18. The molecular weight excluding hydrogens is 481 g/mol. The number of sulfonamides is 1. The summed E-state index contributed by atoms with van der Waals surface area (Å²) in [6, 6.07) is 5.11. The van der Waals surface area contributed by atoms with Crippen LogP contribution in [-0.4, -0.2) is 57.8 Å². The second-order valence-electron chi connectivity index (χ2n) is 7.49. The zero-order chi connectivity index (χ0) is 25.2. The highest BCUT2D eigenvalue weighted by atomic mass is 32.2. The predicted molar refractivity (Wildman–Crippen MR) is 122 cm³/mol. The molecule has 0 radical (unpaired) electrons. The number of ether oxygens (including phenoxy) is 2. The Kier molecular flexibility index (Phi) is 6.64. The number of hydrogen-bond acceptors (Lipinski definition) is 10. The number of anilines is 1. The molecule has 0 aliphatic heterocycles. The molecule has 0 saturated heterocycles. The Morgan fingerprint density at radius 3 is 2.37 bits per heavy atom. The Labute approximate surface area is 200 Å². The van der Waals surface area contributed by atoms with Gasteiger partial charge in [0.2, 0.25) is 16.0 Å². The van der Waals surface area contributed by atoms with E-state index in [9.17, 15) is 12.8 Å². The minimum Gasteiger partial charge on any atom is -0.494 e. The van der Waals surface area contributed by atoms with Crippen LogP contribution >= 0.6 is 0 Å². The van der Waals surface area contributed by atoms with Crippen LogP contribution in [0.25, 0.3) is 17.1 Å². The van der Waals surface area contributed by atoms with E-state index in [1.807, 2.05) is 0 Å². The van der Waals surface area contributed by atoms with Gasteiger partial charge in [-0.25, -0.2) is 22.8 Å². The smallest absolute Gasteiger partial charge is 0.243 e. The minimum absolute atomic E-state index is 0.0562. The molecule has 0 bridgehead atoms. The van der Waals surface area contributed by atoms with Crippen molar-refractivity contribution in [3.63, 3.8) is 0 Å². The van der Waals surface area contributed by atoms with E-state index in [1.54, 1.807) is 25.1 Å². The molecule has 0 unspecified atom stereocenters. The monoisotopic (exact) mass is 503 g/mol. The fourth-order valence-electron chi connectivity index (χ4n) is 3.33. The van der Waals surface area contributed by atoms with Crippen LogP contribution in [0.15, 0.2) is 41.4 Å². The molecule has 3 aromatic heterocycles. The molecule has 3 heterocycles. The number of aromatic nitrogens is 6. The zero-order valence-corrected chi connectivity index (χ0v) is 20.1. The number of aryl methyl sites for hydroxylation is 1. The van der Waals surface area contributed by atoms with Crippen LogP contribution in [0.3, 0.4) is 0 Å². The Hall–Kier alpha value is -4.07. The maximum Gasteiger partial charge on any atom is 0.243 e. The number of halogens is 1. The first-order valence-corrected chi connectivity index (χ1v) is 11.9. The van der Waals surface area contributed by atoms with Gasteiger partial charge in [-0.3, -0.25) is 9.29 Å². The molecule has 0 saturated carbocycles. The van der Waals surface area contributed by atoms with E-state index in [2.05, 4.69) is 30.0 Å². The van der Waals surface area contributed by atoms with Crippen LogP contribution in [0, 0.1) is 12.7 Å². The lowest BCUT2D eigenvalue weighted by molar-refractivity contribution is 0.391. The highest BCUT2D eigenvalue weighted by molar-refractivity contribution is 7.93. The third kappa shape index (κ3) is 4.77. The van der Waals surface area contributed by atoms with E-state index in [-0.39, 0.29) is 24.0 Å². The van der Waals surface area contributed by atoms with Gasteiger partial charge in [0.25, 0.3) is 0 Å². The van der Waals surface area contributed by atoms with Crippen molar-refractivity contribution in [2.75, 3.05) is 18.9 Å². The number of hydrogen-bond donors (Lipinski definition) is 1. The van der Waals surface area contributed by atoms with Gasteiger partial charge in [0.15, 0.2) is 11.6 Å². The molecule has 4 aromatic rings. The van der Waals surface area contributed by atoms with Crippen molar-refractivity contribution in [3.8, 4) is 28.6 Å². The molecule has 0 amide bonds. The van der Waals surface area contributed by atoms with Crippen LogP contribution in [0.4, 0.5) is 10.3 Å². The first-order chi connectivity index (χ1) is 16.7. The maximum absolute atomic E-state index is 13.2. The fourth-order valence-corrected chi connectivity index (χ4v) is 4.29. The van der Waals surface area contributed by atoms with Gasteiger partial charge in [-0.05, 0) is 26.0 Å². The zero-order valence-electron chi connectivity index (χ0n) is 19.3. The molecule has 1 N–H and O–H groups in total. The van der Waals surface area contributed by atoms with Crippen LogP contribution in [0.5, 0.6) is 11.5 Å². The number of benzene rings is 1. The van der Waals surface area contributed by atoms with Gasteiger partial charge < -0.3 is 14.0 Å². The molecule has 1 aromatic carbocycles. The summed E-state index contributed by atoms with van der Waals surface area (Å²) in [5.41, 5.74) is 1.37. The topological polar surface area (TPSA) is 147 Å². The summed E-state index contributed by atoms with van der Waals surface area (Å²) in [5, 5.41) is 11.2. The van der Waals surface area contributed by atoms with E-state index in [4.69, 9.17) is 14.0 Å². The lowest BCUT2D eigenvalue weighted by atomic mass is 10.2. The Morgan fingerprint density at radius 1 is 1.14 bits per heavy atom. The first-order valence-electron chi connectivity index (χ1n) is 10.3. The number of nitrogens with one attached hydrogen (secondary N) is 1. The molecule has 0 spiro atoms. The summed E-state index contributed by atoms with van der Waals surface area (Å²) in [6.45, 7) is 3.19. The van der Waals surface area contributed by atoms with Crippen molar-refractivity contribution in [1.82, 2.24) is 29.9 Å². The summed E-state index contributed by atoms with van der Waals surface area (Å²) in [7, 11) is -1.08. The second kappa shape index (κ2) is 9.66. The molecule has 12 nitrogen and oxygen atoms in total. The molecule has 184 valence electrons. The van der Waals surface area contributed by atoms with Gasteiger partial charge in [0.1, 0.15) is 29.3 Å². The number of para-hydroxylation sites is 1. The van der Waals surface area contributed by atoms with Gasteiger partial charge in [-0.1, -0.05) is 11.2 Å². The average molecular weight is 504 g/mol. The normalized spacial score (nSPS) is 12.4. The van der Waals surface area contributed by atoms with Gasteiger partial charge in [-0.15, -0.1) is 10.2 Å². The third-order valence-corrected chi connectivity index (χ3v) is 6.88. The molecule has 0 fully saturated rings. The number of rotatable bonds is 9. The van der Waals surface area contributed by atoms with Gasteiger partial charge in [0, 0.05) is 6.42 Å². The van der Waals surface area contributed by atoms with Gasteiger partial charge in [0.05, 0.1) is 43.1 Å². The van der Waals surface area contributed by atoms with Crippen molar-refractivity contribution in [2.45, 2.75) is 25.5 Å². The summed E-state index contributed by atoms with van der Waals surface area (Å²) in [5.74, 6) is 0.463. The standard InChI is InChI=1S/C21H22FN7O5S/c1-12(8-18-23-9-14(22)10-24-18)35(30,31)28-21-26-25-20(15-11-34-27-13(15)2)29(21)19-16(32-3)6-5-7-17(19)33-4/h5-7,9-12H,8H2,1-4H3,(H,26,28)/t12-/m1/s1. The van der Waals surface area contributed by atoms with Crippen LogP contribution in [0.1, 0.15) is 18.4 Å². The number of nitrogens with zero attached hydrogens (tertiary/aromatic N) is 6. The van der Waals surface area contributed by atoms with Gasteiger partial charge in [-0.2, -0.15) is 0 Å². The SMILES string of the molecule is COc1cccc(OC)c1-n1c(NS(=O)(=O)[C@H](C)Cc2ncc(F)cn2)nnc1-c1conc1C. The highest BCUT2D eigenvalue weighted by Crippen LogP contribution is 2.38. The molecule has 14 heteroatoms. The minimum atomic E-state index is -4.02. The Balaban J connectivity index is 1.80. The molecular formula is C21H22FN7O5S. The fraction of sp³-hybridized carbons (Fsp3) is 0.286. The Bertz CT molecular complexity index is 1410. The van der Waals surface area contributed by atoms with Crippen molar-refractivity contribution < 1.29 is 26.8 Å². The summed E-state index contributed by atoms with van der Waals surface area (Å²) >= 11 is 0. The van der Waals surface area contributed by atoms with Crippen molar-refractivity contribution >= 4 is 16.0 Å². The molecule has 35 heavy (non-hydrogen) atoms. The quantitative estimate of drug-likeness (QED) is 0.361. The van der Waals surface area contributed by atoms with Crippen LogP contribution in [-0.2, 0) is 16.4 Å². The van der Waals surface area contributed by atoms with Gasteiger partial charge >= 0.3 is 0 Å². The van der Waals surface area contributed by atoms with E-state index in [0.29, 0.717) is 28.4 Å². The Morgan fingerprint density at radius 2 is 1.80 bits per heavy atom. The largest absolute Gasteiger partial charge is 0.494 e. The number of methoxy groups -OCH3 is 2. The molecule has 4 rings (SSSR count). The molecule has 0 aliphatic rings. The van der Waals surface area contributed by atoms with E-state index < -0.39 is 21.1 Å². The van der Waals surface area contributed by atoms with Crippen molar-refractivity contribution in [1.29, 1.82) is 0 Å². The maximum atomic E-state index is 13.2. The van der Waals surface area contributed by atoms with Crippen LogP contribution < -0.4 is 14.2 Å². The second-order valence-corrected chi connectivity index (χ2v) is 9.59. The summed E-state index contributed by atoms with van der Waals surface area (Å²) < 4.78 is 59.6. The predicted octanol–water partition coefficient (Wildman–Crippen LogP) is 2.55. The third-order valence-electron chi connectivity index (χ3n) is 5.19. The highest BCUT2D eigenvalue weighted by Gasteiger charge is 2.29. The summed E-state index contributed by atoms with van der Waals surface area (Å²) in [4.78, 5) is 7.67. The van der Waals surface area contributed by atoms with E-state index >= 15 is 0 Å². The molecule has 0 aliphatic carbocycles.